The van der Waals surface area contributed by atoms with Gasteiger partial charge in [0.25, 0.3) is 0 Å². The molecule has 7 heteroatoms. The number of nitrogens with zero attached hydrogens (tertiary/aromatic N) is 1. The second kappa shape index (κ2) is 7.22. The zero-order valence-electron chi connectivity index (χ0n) is 12.0. The highest BCUT2D eigenvalue weighted by molar-refractivity contribution is 6.35. The lowest BCUT2D eigenvalue weighted by molar-refractivity contribution is 0.138. The molecule has 3 nitrogen and oxygen atoms in total. The van der Waals surface area contributed by atoms with E-state index >= 15 is 0 Å². The third kappa shape index (κ3) is 3.89. The largest absolute Gasteiger partial charge is 0.481 e. The first kappa shape index (κ1) is 16.8. The molecule has 1 aliphatic heterocycles. The molecule has 1 aromatic carbocycles. The van der Waals surface area contributed by atoms with E-state index in [4.69, 9.17) is 39.5 Å². The Bertz CT molecular complexity index is 684. The standard InChI is InChI=1S/C16H14Cl3FN2O/c17-11-4-13(19)16(14(20)5-11)23-15(9-1-2-21-6-9)10-3-12(18)8-22-7-10/h3-5,7-9,15,21H,1-2,6H2/t9?,15-/m0/s1. The number of halogens is 4. The van der Waals surface area contributed by atoms with Gasteiger partial charge in [0, 0.05) is 35.4 Å². The number of rotatable bonds is 4. The van der Waals surface area contributed by atoms with Crippen LogP contribution < -0.4 is 10.1 Å². The molecule has 0 aliphatic carbocycles. The van der Waals surface area contributed by atoms with Gasteiger partial charge in [0.05, 0.1) is 10.0 Å². The van der Waals surface area contributed by atoms with Crippen molar-refractivity contribution in [2.45, 2.75) is 12.5 Å². The molecule has 1 unspecified atom stereocenters. The number of hydrogen-bond donors (Lipinski definition) is 1. The first-order chi connectivity index (χ1) is 11.0. The highest BCUT2D eigenvalue weighted by Gasteiger charge is 2.30. The lowest BCUT2D eigenvalue weighted by Crippen LogP contribution is -2.22. The minimum atomic E-state index is -0.589. The number of hydrogen-bond acceptors (Lipinski definition) is 3. The predicted octanol–water partition coefficient (Wildman–Crippen LogP) is 4.91. The quantitative estimate of drug-likeness (QED) is 0.824. The summed E-state index contributed by atoms with van der Waals surface area (Å²) >= 11 is 17.9. The topological polar surface area (TPSA) is 34.1 Å². The van der Waals surface area contributed by atoms with Gasteiger partial charge in [-0.15, -0.1) is 0 Å². The molecule has 1 N–H and O–H groups in total. The summed E-state index contributed by atoms with van der Waals surface area (Å²) in [4.78, 5) is 4.10. The van der Waals surface area contributed by atoms with Crippen LogP contribution in [0.2, 0.25) is 15.1 Å². The van der Waals surface area contributed by atoms with Crippen molar-refractivity contribution in [2.24, 2.45) is 5.92 Å². The molecule has 1 fully saturated rings. The van der Waals surface area contributed by atoms with E-state index in [2.05, 4.69) is 10.3 Å². The van der Waals surface area contributed by atoms with E-state index in [1.807, 2.05) is 0 Å². The lowest BCUT2D eigenvalue weighted by atomic mass is 9.96. The van der Waals surface area contributed by atoms with E-state index in [0.717, 1.165) is 25.1 Å². The first-order valence-electron chi connectivity index (χ1n) is 7.17. The smallest absolute Gasteiger partial charge is 0.174 e. The Kier molecular flexibility index (Phi) is 5.27. The van der Waals surface area contributed by atoms with Crippen LogP contribution in [0, 0.1) is 11.7 Å². The van der Waals surface area contributed by atoms with Crippen LogP contribution in [0.4, 0.5) is 4.39 Å². The van der Waals surface area contributed by atoms with Gasteiger partial charge in [-0.2, -0.15) is 0 Å². The molecule has 0 spiro atoms. The maximum atomic E-state index is 14.2. The molecule has 0 radical (unpaired) electrons. The first-order valence-corrected chi connectivity index (χ1v) is 8.30. The summed E-state index contributed by atoms with van der Waals surface area (Å²) in [6, 6.07) is 4.42. The molecular weight excluding hydrogens is 362 g/mol. The fourth-order valence-corrected chi connectivity index (χ4v) is 3.42. The normalized spacial score (nSPS) is 18.9. The van der Waals surface area contributed by atoms with Crippen LogP contribution in [0.1, 0.15) is 18.1 Å². The molecule has 2 heterocycles. The Balaban J connectivity index is 1.96. The van der Waals surface area contributed by atoms with Gasteiger partial charge in [-0.1, -0.05) is 34.8 Å². The molecule has 0 saturated carbocycles. The van der Waals surface area contributed by atoms with Crippen molar-refractivity contribution in [3.8, 4) is 5.75 Å². The van der Waals surface area contributed by atoms with Gasteiger partial charge in [0.15, 0.2) is 11.6 Å². The van der Waals surface area contributed by atoms with E-state index in [1.54, 1.807) is 18.5 Å². The fraction of sp³-hybridized carbons (Fsp3) is 0.312. The molecule has 23 heavy (non-hydrogen) atoms. The molecule has 1 aliphatic rings. The Morgan fingerprint density at radius 3 is 2.65 bits per heavy atom. The van der Waals surface area contributed by atoms with Crippen molar-refractivity contribution in [3.63, 3.8) is 0 Å². The second-order valence-electron chi connectivity index (χ2n) is 5.43. The Hall–Kier alpha value is -1.07. The van der Waals surface area contributed by atoms with Gasteiger partial charge in [0.1, 0.15) is 6.10 Å². The number of ether oxygens (including phenoxy) is 1. The van der Waals surface area contributed by atoms with Crippen LogP contribution in [0.15, 0.2) is 30.6 Å². The minimum Gasteiger partial charge on any atom is -0.481 e. The van der Waals surface area contributed by atoms with E-state index < -0.39 is 11.9 Å². The zero-order valence-corrected chi connectivity index (χ0v) is 14.3. The monoisotopic (exact) mass is 374 g/mol. The van der Waals surface area contributed by atoms with Gasteiger partial charge in [-0.25, -0.2) is 4.39 Å². The highest BCUT2D eigenvalue weighted by atomic mass is 35.5. The highest BCUT2D eigenvalue weighted by Crippen LogP contribution is 2.38. The van der Waals surface area contributed by atoms with E-state index in [9.17, 15) is 4.39 Å². The molecule has 3 rings (SSSR count). The van der Waals surface area contributed by atoms with Crippen molar-refractivity contribution >= 4 is 34.8 Å². The molecule has 2 atom stereocenters. The van der Waals surface area contributed by atoms with Gasteiger partial charge in [-0.05, 0) is 31.2 Å². The molecule has 0 amide bonds. The number of nitrogens with one attached hydrogen (secondary N) is 1. The van der Waals surface area contributed by atoms with E-state index in [0.29, 0.717) is 5.02 Å². The molecular formula is C16H14Cl3FN2O. The Labute approximate surface area is 148 Å². The maximum Gasteiger partial charge on any atom is 0.174 e. The van der Waals surface area contributed by atoms with Crippen molar-refractivity contribution in [1.82, 2.24) is 10.3 Å². The van der Waals surface area contributed by atoms with Crippen molar-refractivity contribution < 1.29 is 9.13 Å². The van der Waals surface area contributed by atoms with Crippen LogP contribution in [-0.4, -0.2) is 18.1 Å². The number of aromatic nitrogens is 1. The summed E-state index contributed by atoms with van der Waals surface area (Å²) in [6.45, 7) is 1.65. The van der Waals surface area contributed by atoms with Crippen LogP contribution >= 0.6 is 34.8 Å². The van der Waals surface area contributed by atoms with Crippen LogP contribution in [-0.2, 0) is 0 Å². The van der Waals surface area contributed by atoms with Crippen molar-refractivity contribution in [3.05, 3.63) is 57.0 Å². The Morgan fingerprint density at radius 2 is 2.00 bits per heavy atom. The van der Waals surface area contributed by atoms with Crippen molar-refractivity contribution in [1.29, 1.82) is 0 Å². The van der Waals surface area contributed by atoms with Crippen LogP contribution in [0.3, 0.4) is 0 Å². The molecule has 122 valence electrons. The van der Waals surface area contributed by atoms with E-state index in [1.165, 1.54) is 12.1 Å². The summed E-state index contributed by atoms with van der Waals surface area (Å²) < 4.78 is 20.2. The average molecular weight is 376 g/mol. The zero-order chi connectivity index (χ0) is 16.4. The summed E-state index contributed by atoms with van der Waals surface area (Å²) in [5.74, 6) is -0.428. The third-order valence-corrected chi connectivity index (χ3v) is 4.49. The Morgan fingerprint density at radius 1 is 1.17 bits per heavy atom. The maximum absolute atomic E-state index is 14.2. The minimum absolute atomic E-state index is 0.00654. The average Bonchev–Trinajstić information content (AvgIpc) is 3.00. The SMILES string of the molecule is Fc1cc(Cl)cc(Cl)c1O[C@H](c1cncc(Cl)c1)C1CCNC1. The fourth-order valence-electron chi connectivity index (χ4n) is 2.72. The van der Waals surface area contributed by atoms with Crippen LogP contribution in [0.25, 0.3) is 0 Å². The van der Waals surface area contributed by atoms with Gasteiger partial charge >= 0.3 is 0 Å². The number of pyridine rings is 1. The molecule has 2 aromatic rings. The summed E-state index contributed by atoms with van der Waals surface area (Å²) in [7, 11) is 0. The lowest BCUT2D eigenvalue weighted by Gasteiger charge is -2.25. The summed E-state index contributed by atoms with van der Waals surface area (Å²) in [5.41, 5.74) is 0.789. The second-order valence-corrected chi connectivity index (χ2v) is 6.71. The summed E-state index contributed by atoms with van der Waals surface area (Å²) in [6.07, 6.45) is 3.73. The molecule has 0 bridgehead atoms. The molecule has 1 aromatic heterocycles. The van der Waals surface area contributed by atoms with Crippen molar-refractivity contribution in [2.75, 3.05) is 13.1 Å². The van der Waals surface area contributed by atoms with E-state index in [-0.39, 0.29) is 21.7 Å². The van der Waals surface area contributed by atoms with Crippen LogP contribution in [0.5, 0.6) is 5.75 Å². The predicted molar refractivity (Wildman–Crippen MR) is 90.0 cm³/mol. The van der Waals surface area contributed by atoms with Gasteiger partial charge in [-0.3, -0.25) is 4.98 Å². The number of benzene rings is 1. The van der Waals surface area contributed by atoms with Gasteiger partial charge in [0.2, 0.25) is 0 Å². The van der Waals surface area contributed by atoms with Gasteiger partial charge < -0.3 is 10.1 Å². The molecule has 1 saturated heterocycles. The summed E-state index contributed by atoms with van der Waals surface area (Å²) in [5, 5.41) is 4.15. The third-order valence-electron chi connectivity index (χ3n) is 3.79.